The quantitative estimate of drug-likeness (QED) is 0.253. The van der Waals surface area contributed by atoms with Crippen LogP contribution in [0.4, 0.5) is 17.6 Å². The van der Waals surface area contributed by atoms with Gasteiger partial charge >= 0.3 is 6.18 Å². The van der Waals surface area contributed by atoms with Crippen LogP contribution >= 0.6 is 24.0 Å². The van der Waals surface area contributed by atoms with E-state index >= 15 is 0 Å². The first-order valence-corrected chi connectivity index (χ1v) is 8.33. The van der Waals surface area contributed by atoms with Crippen LogP contribution in [-0.2, 0) is 13.0 Å². The maximum atomic E-state index is 12.9. The number of hydrogen-bond donors (Lipinski definition) is 2. The predicted molar refractivity (Wildman–Crippen MR) is 112 cm³/mol. The molecule has 0 aliphatic heterocycles. The van der Waals surface area contributed by atoms with Crippen LogP contribution in [0.2, 0.25) is 0 Å². The highest BCUT2D eigenvalue weighted by molar-refractivity contribution is 14.0. The summed E-state index contributed by atoms with van der Waals surface area (Å²) < 4.78 is 53.9. The Morgan fingerprint density at radius 3 is 2.14 bits per heavy atom. The number of nitrogens with zero attached hydrogens (tertiary/aromatic N) is 1. The van der Waals surface area contributed by atoms with Crippen LogP contribution in [0.25, 0.3) is 0 Å². The molecule has 2 rings (SSSR count). The van der Waals surface area contributed by atoms with Gasteiger partial charge in [-0.15, -0.1) is 24.0 Å². The number of benzene rings is 2. The molecule has 154 valence electrons. The van der Waals surface area contributed by atoms with E-state index in [9.17, 15) is 17.6 Å². The standard InChI is InChI=1S/C19H21F4N3O.HI/c1-24-18(25-11-10-14-2-6-16(20)7-3-14)26-12-15-4-8-17(9-5-15)27-13-19(21,22)23;/h2-9H,10-13H2,1H3,(H2,24,25,26);1H. The van der Waals surface area contributed by atoms with Crippen LogP contribution in [0.15, 0.2) is 53.5 Å². The summed E-state index contributed by atoms with van der Waals surface area (Å²) in [7, 11) is 1.64. The Bertz CT molecular complexity index is 734. The van der Waals surface area contributed by atoms with Crippen molar-refractivity contribution in [3.8, 4) is 5.75 Å². The van der Waals surface area contributed by atoms with Crippen LogP contribution in [0, 0.1) is 5.82 Å². The van der Waals surface area contributed by atoms with E-state index in [0.717, 1.165) is 11.1 Å². The van der Waals surface area contributed by atoms with Gasteiger partial charge in [-0.3, -0.25) is 4.99 Å². The lowest BCUT2D eigenvalue weighted by molar-refractivity contribution is -0.153. The van der Waals surface area contributed by atoms with E-state index in [0.29, 0.717) is 25.5 Å². The van der Waals surface area contributed by atoms with Crippen molar-refractivity contribution >= 4 is 29.9 Å². The minimum Gasteiger partial charge on any atom is -0.484 e. The summed E-state index contributed by atoms with van der Waals surface area (Å²) in [6.07, 6.45) is -3.64. The van der Waals surface area contributed by atoms with Crippen LogP contribution in [0.5, 0.6) is 5.75 Å². The van der Waals surface area contributed by atoms with Gasteiger partial charge < -0.3 is 15.4 Å². The number of aliphatic imine (C=N–C) groups is 1. The second-order valence-electron chi connectivity index (χ2n) is 5.78. The molecule has 2 aromatic rings. The lowest BCUT2D eigenvalue weighted by atomic mass is 10.1. The first kappa shape index (κ1) is 24.0. The molecule has 0 unspecified atom stereocenters. The third kappa shape index (κ3) is 9.25. The number of ether oxygens (including phenoxy) is 1. The van der Waals surface area contributed by atoms with E-state index in [2.05, 4.69) is 20.4 Å². The molecule has 0 amide bonds. The van der Waals surface area contributed by atoms with Gasteiger partial charge in [-0.1, -0.05) is 24.3 Å². The summed E-state index contributed by atoms with van der Waals surface area (Å²) in [5.41, 5.74) is 1.88. The molecule has 0 spiro atoms. The molecule has 28 heavy (non-hydrogen) atoms. The van der Waals surface area contributed by atoms with Gasteiger partial charge in [0, 0.05) is 20.1 Å². The van der Waals surface area contributed by atoms with E-state index in [-0.39, 0.29) is 35.5 Å². The van der Waals surface area contributed by atoms with Gasteiger partial charge in [-0.05, 0) is 41.8 Å². The lowest BCUT2D eigenvalue weighted by Gasteiger charge is -2.13. The Balaban J connectivity index is 0.00000392. The molecule has 0 aromatic heterocycles. The maximum Gasteiger partial charge on any atom is 0.422 e. The van der Waals surface area contributed by atoms with Gasteiger partial charge in [0.15, 0.2) is 12.6 Å². The fourth-order valence-electron chi connectivity index (χ4n) is 2.25. The average molecular weight is 511 g/mol. The monoisotopic (exact) mass is 511 g/mol. The first-order valence-electron chi connectivity index (χ1n) is 8.33. The highest BCUT2D eigenvalue weighted by Gasteiger charge is 2.28. The third-order valence-electron chi connectivity index (χ3n) is 3.63. The molecule has 2 aromatic carbocycles. The van der Waals surface area contributed by atoms with Crippen molar-refractivity contribution in [3.63, 3.8) is 0 Å². The number of rotatable bonds is 7. The highest BCUT2D eigenvalue weighted by atomic mass is 127. The Morgan fingerprint density at radius 1 is 0.964 bits per heavy atom. The zero-order chi connectivity index (χ0) is 19.7. The van der Waals surface area contributed by atoms with Crippen LogP contribution in [0.3, 0.4) is 0 Å². The summed E-state index contributed by atoms with van der Waals surface area (Å²) in [5.74, 6) is 0.492. The molecule has 0 radical (unpaired) electrons. The summed E-state index contributed by atoms with van der Waals surface area (Å²) in [6, 6.07) is 12.7. The Hall–Kier alpha value is -2.04. The number of alkyl halides is 3. The SMILES string of the molecule is CN=C(NCCc1ccc(F)cc1)NCc1ccc(OCC(F)(F)F)cc1.I. The third-order valence-corrected chi connectivity index (χ3v) is 3.63. The van der Waals surface area contributed by atoms with Crippen LogP contribution in [0.1, 0.15) is 11.1 Å². The number of guanidine groups is 1. The molecule has 2 N–H and O–H groups in total. The zero-order valence-corrected chi connectivity index (χ0v) is 17.6. The van der Waals surface area contributed by atoms with Crippen molar-refractivity contribution in [1.29, 1.82) is 0 Å². The Kier molecular flexibility index (Phi) is 10.0. The molecule has 0 saturated carbocycles. The second kappa shape index (κ2) is 11.7. The molecule has 0 saturated heterocycles. The summed E-state index contributed by atoms with van der Waals surface area (Å²) in [6.45, 7) is -0.236. The molecule has 0 atom stereocenters. The maximum absolute atomic E-state index is 12.9. The largest absolute Gasteiger partial charge is 0.484 e. The van der Waals surface area contributed by atoms with E-state index in [1.54, 1.807) is 31.3 Å². The predicted octanol–water partition coefficient (Wildman–Crippen LogP) is 4.29. The summed E-state index contributed by atoms with van der Waals surface area (Å²) in [5, 5.41) is 6.26. The van der Waals surface area contributed by atoms with Crippen molar-refractivity contribution in [2.45, 2.75) is 19.1 Å². The van der Waals surface area contributed by atoms with Crippen molar-refractivity contribution in [3.05, 3.63) is 65.5 Å². The minimum absolute atomic E-state index is 0. The van der Waals surface area contributed by atoms with Crippen LogP contribution < -0.4 is 15.4 Å². The molecule has 0 bridgehead atoms. The molecule has 0 aliphatic carbocycles. The zero-order valence-electron chi connectivity index (χ0n) is 15.2. The van der Waals surface area contributed by atoms with Crippen molar-refractivity contribution in [2.24, 2.45) is 4.99 Å². The van der Waals surface area contributed by atoms with Gasteiger partial charge in [0.2, 0.25) is 0 Å². The van der Waals surface area contributed by atoms with Gasteiger partial charge in [-0.25, -0.2) is 4.39 Å². The molecule has 0 aliphatic rings. The van der Waals surface area contributed by atoms with E-state index in [1.165, 1.54) is 24.3 Å². The van der Waals surface area contributed by atoms with E-state index in [1.807, 2.05) is 0 Å². The topological polar surface area (TPSA) is 45.7 Å². The van der Waals surface area contributed by atoms with Crippen molar-refractivity contribution < 1.29 is 22.3 Å². The summed E-state index contributed by atoms with van der Waals surface area (Å²) >= 11 is 0. The molecule has 0 fully saturated rings. The Labute approximate surface area is 178 Å². The van der Waals surface area contributed by atoms with Crippen LogP contribution in [-0.4, -0.2) is 32.3 Å². The van der Waals surface area contributed by atoms with Gasteiger partial charge in [0.05, 0.1) is 0 Å². The second-order valence-corrected chi connectivity index (χ2v) is 5.78. The Morgan fingerprint density at radius 2 is 1.57 bits per heavy atom. The fourth-order valence-corrected chi connectivity index (χ4v) is 2.25. The molecule has 4 nitrogen and oxygen atoms in total. The van der Waals surface area contributed by atoms with Gasteiger partial charge in [0.1, 0.15) is 11.6 Å². The average Bonchev–Trinajstić information content (AvgIpc) is 2.64. The van der Waals surface area contributed by atoms with Gasteiger partial charge in [-0.2, -0.15) is 13.2 Å². The molecule has 0 heterocycles. The smallest absolute Gasteiger partial charge is 0.422 e. The normalized spacial score (nSPS) is 11.5. The molecular formula is C19H22F4IN3O. The highest BCUT2D eigenvalue weighted by Crippen LogP contribution is 2.18. The van der Waals surface area contributed by atoms with Crippen molar-refractivity contribution in [1.82, 2.24) is 10.6 Å². The van der Waals surface area contributed by atoms with E-state index < -0.39 is 12.8 Å². The molecular weight excluding hydrogens is 489 g/mol. The van der Waals surface area contributed by atoms with Crippen molar-refractivity contribution in [2.75, 3.05) is 20.2 Å². The summed E-state index contributed by atoms with van der Waals surface area (Å²) in [4.78, 5) is 4.11. The number of nitrogens with one attached hydrogen (secondary N) is 2. The fraction of sp³-hybridized carbons (Fsp3) is 0.316. The first-order chi connectivity index (χ1) is 12.9. The minimum atomic E-state index is -4.35. The number of hydrogen-bond acceptors (Lipinski definition) is 2. The van der Waals surface area contributed by atoms with Gasteiger partial charge in [0.25, 0.3) is 0 Å². The lowest BCUT2D eigenvalue weighted by Crippen LogP contribution is -2.37. The molecule has 9 heteroatoms. The number of halogens is 5. The van der Waals surface area contributed by atoms with E-state index in [4.69, 9.17) is 0 Å².